The van der Waals surface area contributed by atoms with E-state index in [1.54, 1.807) is 0 Å². The molecular formula is C30H70O11Si6. The summed E-state index contributed by atoms with van der Waals surface area (Å²) < 4.78 is 61.0. The highest BCUT2D eigenvalue weighted by Gasteiger charge is 2.56. The lowest BCUT2D eigenvalue weighted by molar-refractivity contribution is -0.368. The lowest BCUT2D eigenvalue weighted by Crippen LogP contribution is -2.69. The Morgan fingerprint density at radius 3 is 0.787 bits per heavy atom. The first-order chi connectivity index (χ1) is 20.9. The van der Waals surface area contributed by atoms with Gasteiger partial charge in [0.25, 0.3) is 0 Å². The van der Waals surface area contributed by atoms with E-state index in [1.165, 1.54) is 0 Å². The van der Waals surface area contributed by atoms with Gasteiger partial charge in [-0.2, -0.15) is 0 Å². The van der Waals surface area contributed by atoms with Gasteiger partial charge in [0.05, 0.1) is 13.2 Å². The molecule has 0 bridgehead atoms. The number of aliphatic hydroxyl groups is 2. The lowest BCUT2D eigenvalue weighted by atomic mass is 9.98. The summed E-state index contributed by atoms with van der Waals surface area (Å²) in [6.45, 7) is 37.6. The van der Waals surface area contributed by atoms with Crippen molar-refractivity contribution in [2.45, 2.75) is 179 Å². The Morgan fingerprint density at radius 2 is 0.574 bits per heavy atom. The monoisotopic (exact) mass is 774 g/mol. The van der Waals surface area contributed by atoms with Gasteiger partial charge >= 0.3 is 0 Å². The summed E-state index contributed by atoms with van der Waals surface area (Å²) in [7, 11) is -13.0. The van der Waals surface area contributed by atoms with Crippen molar-refractivity contribution >= 4 is 49.9 Å². The summed E-state index contributed by atoms with van der Waals surface area (Å²) in [5, 5.41) is 21.4. The Labute approximate surface area is 292 Å². The molecule has 0 spiro atoms. The van der Waals surface area contributed by atoms with E-state index in [1.807, 2.05) is 0 Å². The Hall–Kier alpha value is 0.861. The van der Waals surface area contributed by atoms with Crippen molar-refractivity contribution in [1.82, 2.24) is 0 Å². The third kappa shape index (κ3) is 15.2. The van der Waals surface area contributed by atoms with Crippen LogP contribution in [0.1, 0.15) is 0 Å². The SMILES string of the molecule is C[Si](C)(C)OC1C(O[Si](C)(C)C)[C@H](O[Si](C)(C)C)C(CO)O[C@@H]1O[C@H]1OC(CO)[C@@H](O[Si](C)(C)C)C(O[Si](C)(C)C)C1O[Si](C)(C)C. The molecule has 10 atom stereocenters. The molecule has 2 N–H and O–H groups in total. The van der Waals surface area contributed by atoms with Crippen LogP contribution in [0.25, 0.3) is 0 Å². The molecular weight excluding hydrogens is 705 g/mol. The Bertz CT molecular complexity index is 892. The van der Waals surface area contributed by atoms with E-state index in [0.717, 1.165) is 0 Å². The molecule has 0 amide bonds. The van der Waals surface area contributed by atoms with Crippen molar-refractivity contribution in [2.75, 3.05) is 13.2 Å². The molecule has 6 unspecified atom stereocenters. The summed E-state index contributed by atoms with van der Waals surface area (Å²) >= 11 is 0. The van der Waals surface area contributed by atoms with Crippen LogP contribution in [-0.2, 0) is 40.8 Å². The van der Waals surface area contributed by atoms with Crippen molar-refractivity contribution in [1.29, 1.82) is 0 Å². The standard InChI is InChI=1S/C30H70O11Si6/c1-42(2,3)36-23-21(19-31)33-29(27(40-46(13,14)15)25(23)38-44(7,8)9)35-30-28(41-47(16,17)18)26(39-45(10,11)12)24(22(20-32)34-30)37-43(4,5)6/h21-32H,19-20H2,1-18H3/t21?,22?,23-,24-,25?,26?,27?,28?,29-,30-/m1/s1. The van der Waals surface area contributed by atoms with Crippen molar-refractivity contribution in [2.24, 2.45) is 0 Å². The van der Waals surface area contributed by atoms with Crippen molar-refractivity contribution in [3.63, 3.8) is 0 Å². The lowest BCUT2D eigenvalue weighted by Gasteiger charge is -2.53. The Morgan fingerprint density at radius 1 is 0.362 bits per heavy atom. The first-order valence-corrected chi connectivity index (χ1v) is 37.6. The summed E-state index contributed by atoms with van der Waals surface area (Å²) in [6.07, 6.45) is -6.97. The van der Waals surface area contributed by atoms with E-state index in [9.17, 15) is 10.2 Å². The quantitative estimate of drug-likeness (QED) is 0.186. The van der Waals surface area contributed by atoms with Crippen LogP contribution in [-0.4, -0.2) is 135 Å². The topological polar surface area (TPSA) is 124 Å². The highest BCUT2D eigenvalue weighted by atomic mass is 28.4. The number of hydrogen-bond acceptors (Lipinski definition) is 11. The van der Waals surface area contributed by atoms with Crippen molar-refractivity contribution in [3.8, 4) is 0 Å². The smallest absolute Gasteiger partial charge is 0.188 e. The summed E-state index contributed by atoms with van der Waals surface area (Å²) in [6, 6.07) is 0. The molecule has 280 valence electrons. The fourth-order valence-electron chi connectivity index (χ4n) is 5.65. The molecule has 0 aromatic heterocycles. The van der Waals surface area contributed by atoms with Crippen LogP contribution in [0.15, 0.2) is 0 Å². The Kier molecular flexibility index (Phi) is 15.2. The maximum Gasteiger partial charge on any atom is 0.188 e. The third-order valence-electron chi connectivity index (χ3n) is 6.75. The fourth-order valence-corrected chi connectivity index (χ4v) is 12.2. The predicted octanol–water partition coefficient (Wildman–Crippen LogP) is 5.76. The molecule has 2 rings (SSSR count). The van der Waals surface area contributed by atoms with E-state index in [4.69, 9.17) is 40.8 Å². The van der Waals surface area contributed by atoms with Crippen LogP contribution in [0.4, 0.5) is 0 Å². The maximum atomic E-state index is 10.7. The molecule has 2 fully saturated rings. The minimum Gasteiger partial charge on any atom is -0.409 e. The molecule has 0 aromatic rings. The molecule has 0 saturated carbocycles. The van der Waals surface area contributed by atoms with Crippen molar-refractivity contribution < 1.29 is 51.0 Å². The molecule has 11 nitrogen and oxygen atoms in total. The van der Waals surface area contributed by atoms with Gasteiger partial charge < -0.3 is 51.0 Å². The Balaban J connectivity index is 2.72. The van der Waals surface area contributed by atoms with Gasteiger partial charge in [-0.25, -0.2) is 0 Å². The molecule has 47 heavy (non-hydrogen) atoms. The largest absolute Gasteiger partial charge is 0.409 e. The summed E-state index contributed by atoms with van der Waals surface area (Å²) in [4.78, 5) is 0. The molecule has 0 radical (unpaired) electrons. The predicted molar refractivity (Wildman–Crippen MR) is 202 cm³/mol. The van der Waals surface area contributed by atoms with E-state index in [-0.39, 0.29) is 13.2 Å². The molecule has 2 aliphatic heterocycles. The van der Waals surface area contributed by atoms with Crippen LogP contribution in [0.3, 0.4) is 0 Å². The number of rotatable bonds is 16. The van der Waals surface area contributed by atoms with Crippen LogP contribution in [0.2, 0.25) is 118 Å². The second kappa shape index (κ2) is 16.3. The maximum absolute atomic E-state index is 10.7. The normalized spacial score (nSPS) is 33.7. The average molecular weight is 775 g/mol. The van der Waals surface area contributed by atoms with Crippen LogP contribution in [0, 0.1) is 0 Å². The third-order valence-corrected chi connectivity index (χ3v) is 12.6. The summed E-state index contributed by atoms with van der Waals surface area (Å²) in [5.41, 5.74) is 0. The molecule has 17 heteroatoms. The van der Waals surface area contributed by atoms with Crippen molar-refractivity contribution in [3.05, 3.63) is 0 Å². The number of aliphatic hydroxyl groups excluding tert-OH is 2. The van der Waals surface area contributed by atoms with Crippen LogP contribution < -0.4 is 0 Å². The zero-order valence-electron chi connectivity index (χ0n) is 32.8. The first-order valence-electron chi connectivity index (χ1n) is 17.2. The molecule has 0 aliphatic carbocycles. The van der Waals surface area contributed by atoms with Gasteiger partial charge in [-0.3, -0.25) is 0 Å². The minimum atomic E-state index is -2.22. The van der Waals surface area contributed by atoms with Crippen LogP contribution in [0.5, 0.6) is 0 Å². The fraction of sp³-hybridized carbons (Fsp3) is 1.00. The highest BCUT2D eigenvalue weighted by Crippen LogP contribution is 2.38. The molecule has 0 aromatic carbocycles. The van der Waals surface area contributed by atoms with E-state index < -0.39 is 111 Å². The van der Waals surface area contributed by atoms with Gasteiger partial charge in [0.1, 0.15) is 48.8 Å². The first kappa shape index (κ1) is 44.0. The zero-order chi connectivity index (χ0) is 36.6. The van der Waals surface area contributed by atoms with Gasteiger partial charge in [-0.1, -0.05) is 0 Å². The zero-order valence-corrected chi connectivity index (χ0v) is 38.8. The molecule has 2 saturated heterocycles. The van der Waals surface area contributed by atoms with Crippen LogP contribution >= 0.6 is 0 Å². The number of ether oxygens (including phenoxy) is 3. The van der Waals surface area contributed by atoms with Gasteiger partial charge in [0, 0.05) is 0 Å². The molecule has 2 aliphatic rings. The second-order valence-electron chi connectivity index (χ2n) is 18.8. The highest BCUT2D eigenvalue weighted by molar-refractivity contribution is 6.71. The van der Waals surface area contributed by atoms with E-state index in [0.29, 0.717) is 0 Å². The summed E-state index contributed by atoms with van der Waals surface area (Å²) in [5.74, 6) is 0. The van der Waals surface area contributed by atoms with E-state index in [2.05, 4.69) is 118 Å². The average Bonchev–Trinajstić information content (AvgIpc) is 2.81. The van der Waals surface area contributed by atoms with Gasteiger partial charge in [-0.05, 0) is 118 Å². The van der Waals surface area contributed by atoms with E-state index >= 15 is 0 Å². The second-order valence-corrected chi connectivity index (χ2v) is 45.5. The van der Waals surface area contributed by atoms with Gasteiger partial charge in [-0.15, -0.1) is 0 Å². The number of hydrogen-bond donors (Lipinski definition) is 2. The van der Waals surface area contributed by atoms with Gasteiger partial charge in [0.2, 0.25) is 0 Å². The minimum absolute atomic E-state index is 0.284. The van der Waals surface area contributed by atoms with Gasteiger partial charge in [0.15, 0.2) is 62.5 Å². The molecule has 2 heterocycles.